The van der Waals surface area contributed by atoms with Crippen molar-refractivity contribution in [1.82, 2.24) is 0 Å². The summed E-state index contributed by atoms with van der Waals surface area (Å²) in [4.78, 5) is 0. The average molecular weight is 206 g/mol. The van der Waals surface area contributed by atoms with Crippen LogP contribution in [0.4, 0.5) is 4.39 Å². The molecule has 65 valence electrons. The lowest BCUT2D eigenvalue weighted by molar-refractivity contribution is 0.626. The van der Waals surface area contributed by atoms with Crippen LogP contribution in [0.3, 0.4) is 0 Å². The fraction of sp³-hybridized carbons (Fsp3) is 0.222. The van der Waals surface area contributed by atoms with E-state index in [9.17, 15) is 4.39 Å². The third kappa shape index (κ3) is 2.11. The van der Waals surface area contributed by atoms with Crippen molar-refractivity contribution in [3.05, 3.63) is 40.5 Å². The molecule has 0 atom stereocenters. The van der Waals surface area contributed by atoms with Gasteiger partial charge < -0.3 is 0 Å². The van der Waals surface area contributed by atoms with Crippen LogP contribution in [0.1, 0.15) is 12.5 Å². The molecule has 1 radical (unpaired) electrons. The largest absolute Gasteiger partial charge is 0.207 e. The van der Waals surface area contributed by atoms with Crippen LogP contribution in [-0.4, -0.2) is 5.88 Å². The van der Waals surface area contributed by atoms with Crippen LogP contribution in [0.2, 0.25) is 5.02 Å². The van der Waals surface area contributed by atoms with Gasteiger partial charge in [0.1, 0.15) is 5.82 Å². The number of halogens is 3. The minimum Gasteiger partial charge on any atom is -0.207 e. The third-order valence-electron chi connectivity index (χ3n) is 1.59. The Morgan fingerprint density at radius 3 is 2.75 bits per heavy atom. The topological polar surface area (TPSA) is 0 Å². The highest BCUT2D eigenvalue weighted by molar-refractivity contribution is 6.31. The van der Waals surface area contributed by atoms with Gasteiger partial charge in [0.25, 0.3) is 0 Å². The molecule has 0 unspecified atom stereocenters. The number of rotatable bonds is 2. The van der Waals surface area contributed by atoms with Crippen LogP contribution < -0.4 is 0 Å². The molecule has 12 heavy (non-hydrogen) atoms. The number of benzene rings is 1. The summed E-state index contributed by atoms with van der Waals surface area (Å²) in [5, 5.41) is 0.537. The predicted molar refractivity (Wildman–Crippen MR) is 50.1 cm³/mol. The molecular formula is C9H8Cl2F. The first kappa shape index (κ1) is 9.82. The Balaban J connectivity index is 3.04. The van der Waals surface area contributed by atoms with Gasteiger partial charge in [-0.3, -0.25) is 0 Å². The van der Waals surface area contributed by atoms with E-state index in [2.05, 4.69) is 0 Å². The lowest BCUT2D eigenvalue weighted by Gasteiger charge is -2.08. The smallest absolute Gasteiger partial charge is 0.123 e. The quantitative estimate of drug-likeness (QED) is 0.647. The molecule has 0 aliphatic rings. The van der Waals surface area contributed by atoms with Crippen molar-refractivity contribution in [3.8, 4) is 0 Å². The highest BCUT2D eigenvalue weighted by Gasteiger charge is 2.09. The Morgan fingerprint density at radius 2 is 2.17 bits per heavy atom. The summed E-state index contributed by atoms with van der Waals surface area (Å²) >= 11 is 11.4. The first-order valence-electron chi connectivity index (χ1n) is 3.49. The van der Waals surface area contributed by atoms with Gasteiger partial charge in [-0.05, 0) is 23.8 Å². The Labute approximate surface area is 81.3 Å². The molecule has 0 saturated carbocycles. The molecule has 1 rings (SSSR count). The van der Waals surface area contributed by atoms with E-state index < -0.39 is 0 Å². The summed E-state index contributed by atoms with van der Waals surface area (Å²) in [6, 6.07) is 4.25. The molecule has 0 saturated heterocycles. The summed E-state index contributed by atoms with van der Waals surface area (Å²) in [5.41, 5.74) is 0.687. The van der Waals surface area contributed by atoms with Crippen molar-refractivity contribution in [2.45, 2.75) is 6.92 Å². The molecule has 0 nitrogen and oxygen atoms in total. The Morgan fingerprint density at radius 1 is 1.50 bits per heavy atom. The Bertz CT molecular complexity index is 273. The van der Waals surface area contributed by atoms with Gasteiger partial charge in [-0.15, -0.1) is 11.6 Å². The average Bonchev–Trinajstić information content (AvgIpc) is 2.08. The number of alkyl halides is 1. The van der Waals surface area contributed by atoms with Crippen LogP contribution >= 0.6 is 23.2 Å². The van der Waals surface area contributed by atoms with Gasteiger partial charge in [-0.25, -0.2) is 4.39 Å². The fourth-order valence-electron chi connectivity index (χ4n) is 0.897. The van der Waals surface area contributed by atoms with Crippen molar-refractivity contribution < 1.29 is 4.39 Å². The molecule has 0 aliphatic carbocycles. The predicted octanol–water partition coefficient (Wildman–Crippen LogP) is 3.66. The Kier molecular flexibility index (Phi) is 3.36. The normalized spacial score (nSPS) is 10.8. The molecule has 0 spiro atoms. The van der Waals surface area contributed by atoms with Gasteiger partial charge in [0.2, 0.25) is 0 Å². The molecule has 0 amide bonds. The second-order valence-electron chi connectivity index (χ2n) is 2.54. The lowest BCUT2D eigenvalue weighted by Crippen LogP contribution is -1.97. The third-order valence-corrected chi connectivity index (χ3v) is 2.32. The molecule has 3 heteroatoms. The SMILES string of the molecule is C[C](CCl)c1cc(F)ccc1Cl. The highest BCUT2D eigenvalue weighted by Crippen LogP contribution is 2.25. The van der Waals surface area contributed by atoms with Gasteiger partial charge in [-0.2, -0.15) is 0 Å². The van der Waals surface area contributed by atoms with E-state index in [0.29, 0.717) is 16.5 Å². The van der Waals surface area contributed by atoms with Crippen LogP contribution in [-0.2, 0) is 0 Å². The number of hydrogen-bond donors (Lipinski definition) is 0. The van der Waals surface area contributed by atoms with E-state index in [0.717, 1.165) is 5.92 Å². The second-order valence-corrected chi connectivity index (χ2v) is 3.21. The minimum absolute atomic E-state index is 0.293. The van der Waals surface area contributed by atoms with Crippen molar-refractivity contribution in [2.24, 2.45) is 0 Å². The molecule has 0 bridgehead atoms. The molecule has 0 N–H and O–H groups in total. The van der Waals surface area contributed by atoms with Crippen molar-refractivity contribution in [1.29, 1.82) is 0 Å². The maximum Gasteiger partial charge on any atom is 0.123 e. The molecule has 1 aromatic rings. The maximum absolute atomic E-state index is 12.7. The Hall–Kier alpha value is -0.270. The van der Waals surface area contributed by atoms with Crippen LogP contribution in [0, 0.1) is 11.7 Å². The zero-order chi connectivity index (χ0) is 9.14. The lowest BCUT2D eigenvalue weighted by atomic mass is 10.0. The van der Waals surface area contributed by atoms with Gasteiger partial charge in [0.05, 0.1) is 0 Å². The van der Waals surface area contributed by atoms with Gasteiger partial charge in [0.15, 0.2) is 0 Å². The van der Waals surface area contributed by atoms with Crippen molar-refractivity contribution in [2.75, 3.05) is 5.88 Å². The van der Waals surface area contributed by atoms with Gasteiger partial charge >= 0.3 is 0 Å². The second kappa shape index (κ2) is 4.11. The fourth-order valence-corrected chi connectivity index (χ4v) is 1.32. The summed E-state index contributed by atoms with van der Waals surface area (Å²) < 4.78 is 12.7. The minimum atomic E-state index is -0.293. The summed E-state index contributed by atoms with van der Waals surface area (Å²) in [6.07, 6.45) is 0. The summed E-state index contributed by atoms with van der Waals surface area (Å²) in [6.45, 7) is 1.83. The van der Waals surface area contributed by atoms with Crippen LogP contribution in [0.15, 0.2) is 18.2 Å². The zero-order valence-corrected chi connectivity index (χ0v) is 8.08. The van der Waals surface area contributed by atoms with E-state index in [1.807, 2.05) is 6.92 Å². The first-order chi connectivity index (χ1) is 5.65. The zero-order valence-electron chi connectivity index (χ0n) is 6.57. The van der Waals surface area contributed by atoms with E-state index in [1.54, 1.807) is 0 Å². The molecule has 0 aromatic heterocycles. The molecule has 1 aromatic carbocycles. The first-order valence-corrected chi connectivity index (χ1v) is 4.40. The standard InChI is InChI=1S/C9H8Cl2F/c1-6(5-10)8-4-7(12)2-3-9(8)11/h2-4H,5H2,1H3. The van der Waals surface area contributed by atoms with E-state index in [-0.39, 0.29) is 5.82 Å². The van der Waals surface area contributed by atoms with E-state index >= 15 is 0 Å². The molecule has 0 aliphatic heterocycles. The molecular weight excluding hydrogens is 198 g/mol. The van der Waals surface area contributed by atoms with Crippen LogP contribution in [0.5, 0.6) is 0 Å². The van der Waals surface area contributed by atoms with E-state index in [1.165, 1.54) is 18.2 Å². The maximum atomic E-state index is 12.7. The monoisotopic (exact) mass is 205 g/mol. The highest BCUT2D eigenvalue weighted by atomic mass is 35.5. The van der Waals surface area contributed by atoms with Crippen molar-refractivity contribution >= 4 is 23.2 Å². The van der Waals surface area contributed by atoms with Gasteiger partial charge in [0, 0.05) is 16.8 Å². The van der Waals surface area contributed by atoms with Crippen LogP contribution in [0.25, 0.3) is 0 Å². The number of hydrogen-bond acceptors (Lipinski definition) is 0. The summed E-state index contributed by atoms with van der Waals surface area (Å²) in [5.74, 6) is 0.948. The van der Waals surface area contributed by atoms with Gasteiger partial charge in [-0.1, -0.05) is 18.5 Å². The molecule has 0 fully saturated rings. The molecule has 0 heterocycles. The van der Waals surface area contributed by atoms with E-state index in [4.69, 9.17) is 23.2 Å². The van der Waals surface area contributed by atoms with Crippen molar-refractivity contribution in [3.63, 3.8) is 0 Å². The summed E-state index contributed by atoms with van der Waals surface area (Å²) in [7, 11) is 0.